The number of hydrogen-bond donors (Lipinski definition) is 1. The first-order chi connectivity index (χ1) is 10.7. The molecular formula is C15H14FN5S. The first-order valence-corrected chi connectivity index (χ1v) is 8.05. The van der Waals surface area contributed by atoms with Gasteiger partial charge in [0.25, 0.3) is 5.78 Å². The second-order valence-corrected chi connectivity index (χ2v) is 6.41. The van der Waals surface area contributed by atoms with Crippen LogP contribution >= 0.6 is 11.8 Å². The summed E-state index contributed by atoms with van der Waals surface area (Å²) in [6.45, 7) is 1.92. The Morgan fingerprint density at radius 1 is 1.36 bits per heavy atom. The predicted molar refractivity (Wildman–Crippen MR) is 83.6 cm³/mol. The molecule has 0 saturated heterocycles. The van der Waals surface area contributed by atoms with Gasteiger partial charge >= 0.3 is 0 Å². The van der Waals surface area contributed by atoms with E-state index in [1.54, 1.807) is 22.3 Å². The number of aromatic nitrogens is 4. The van der Waals surface area contributed by atoms with Gasteiger partial charge < -0.3 is 5.32 Å². The van der Waals surface area contributed by atoms with E-state index in [4.69, 9.17) is 0 Å². The number of thioether (sulfide) groups is 1. The average molecular weight is 315 g/mol. The molecule has 5 nitrogen and oxygen atoms in total. The standard InChI is InChI=1S/C15H14FN5S/c1-9-6-14(21-15(19-9)17-8-18-21)20-12-4-5-22-13-3-2-10(16)7-11(12)13/h2-3,6-8,12,20H,4-5H2,1H3. The molecule has 1 atom stereocenters. The number of nitrogens with zero attached hydrogens (tertiary/aromatic N) is 4. The Hall–Kier alpha value is -2.15. The molecule has 1 unspecified atom stereocenters. The molecule has 22 heavy (non-hydrogen) atoms. The summed E-state index contributed by atoms with van der Waals surface area (Å²) in [5.41, 5.74) is 1.87. The van der Waals surface area contributed by atoms with E-state index in [0.29, 0.717) is 5.78 Å². The summed E-state index contributed by atoms with van der Waals surface area (Å²) in [4.78, 5) is 9.59. The fraction of sp³-hybridized carbons (Fsp3) is 0.267. The molecule has 0 spiro atoms. The monoisotopic (exact) mass is 315 g/mol. The Morgan fingerprint density at radius 3 is 3.18 bits per heavy atom. The van der Waals surface area contributed by atoms with Crippen LogP contribution in [-0.4, -0.2) is 25.3 Å². The summed E-state index contributed by atoms with van der Waals surface area (Å²) in [6, 6.07) is 6.97. The van der Waals surface area contributed by atoms with Crippen LogP contribution in [0.5, 0.6) is 0 Å². The van der Waals surface area contributed by atoms with Crippen molar-refractivity contribution in [2.75, 3.05) is 11.1 Å². The zero-order valence-electron chi connectivity index (χ0n) is 12.0. The third-order valence-electron chi connectivity index (χ3n) is 3.71. The maximum Gasteiger partial charge on any atom is 0.254 e. The maximum absolute atomic E-state index is 13.6. The van der Waals surface area contributed by atoms with Gasteiger partial charge in [-0.3, -0.25) is 0 Å². The van der Waals surface area contributed by atoms with Crippen LogP contribution in [0, 0.1) is 12.7 Å². The van der Waals surface area contributed by atoms with E-state index in [2.05, 4.69) is 20.4 Å². The number of halogens is 1. The SMILES string of the molecule is Cc1cc(NC2CCSc3ccc(F)cc32)n2ncnc2n1. The normalized spacial score (nSPS) is 17.5. The van der Waals surface area contributed by atoms with Crippen molar-refractivity contribution in [1.82, 2.24) is 19.6 Å². The van der Waals surface area contributed by atoms with Gasteiger partial charge in [-0.25, -0.2) is 9.37 Å². The Kier molecular flexibility index (Phi) is 3.22. The molecule has 0 amide bonds. The zero-order chi connectivity index (χ0) is 15.1. The van der Waals surface area contributed by atoms with E-state index in [0.717, 1.165) is 34.1 Å². The second kappa shape index (κ2) is 5.24. The molecule has 1 N–H and O–H groups in total. The van der Waals surface area contributed by atoms with Gasteiger partial charge in [-0.15, -0.1) is 11.8 Å². The third kappa shape index (κ3) is 2.31. The minimum atomic E-state index is -0.204. The summed E-state index contributed by atoms with van der Waals surface area (Å²) in [6.07, 6.45) is 2.41. The Morgan fingerprint density at radius 2 is 2.27 bits per heavy atom. The van der Waals surface area contributed by atoms with Crippen LogP contribution in [0.3, 0.4) is 0 Å². The van der Waals surface area contributed by atoms with Crippen LogP contribution in [0.1, 0.15) is 23.7 Å². The van der Waals surface area contributed by atoms with E-state index in [1.807, 2.05) is 19.1 Å². The first-order valence-electron chi connectivity index (χ1n) is 7.07. The van der Waals surface area contributed by atoms with E-state index >= 15 is 0 Å². The van der Waals surface area contributed by atoms with Gasteiger partial charge in [0.1, 0.15) is 18.0 Å². The van der Waals surface area contributed by atoms with Gasteiger partial charge in [0.05, 0.1) is 6.04 Å². The lowest BCUT2D eigenvalue weighted by Crippen LogP contribution is -2.18. The van der Waals surface area contributed by atoms with Gasteiger partial charge in [-0.2, -0.15) is 14.6 Å². The molecule has 1 aliphatic rings. The van der Waals surface area contributed by atoms with Crippen molar-refractivity contribution in [3.8, 4) is 0 Å². The summed E-state index contributed by atoms with van der Waals surface area (Å²) in [5.74, 6) is 2.19. The van der Waals surface area contributed by atoms with Gasteiger partial charge in [0, 0.05) is 22.4 Å². The van der Waals surface area contributed by atoms with Crippen molar-refractivity contribution in [3.05, 3.63) is 47.7 Å². The summed E-state index contributed by atoms with van der Waals surface area (Å²) >= 11 is 1.77. The molecule has 1 aliphatic heterocycles. The minimum absolute atomic E-state index is 0.0566. The lowest BCUT2D eigenvalue weighted by Gasteiger charge is -2.27. The zero-order valence-corrected chi connectivity index (χ0v) is 12.8. The Balaban J connectivity index is 1.75. The largest absolute Gasteiger partial charge is 0.363 e. The molecule has 3 aromatic rings. The van der Waals surface area contributed by atoms with E-state index in [9.17, 15) is 4.39 Å². The fourth-order valence-corrected chi connectivity index (χ4v) is 3.83. The highest BCUT2D eigenvalue weighted by Gasteiger charge is 2.22. The molecule has 0 radical (unpaired) electrons. The highest BCUT2D eigenvalue weighted by atomic mass is 32.2. The first kappa shape index (κ1) is 13.5. The quantitative estimate of drug-likeness (QED) is 0.787. The molecular weight excluding hydrogens is 301 g/mol. The number of anilines is 1. The molecule has 3 heterocycles. The Labute approximate surface area is 131 Å². The second-order valence-electron chi connectivity index (χ2n) is 5.27. The number of benzene rings is 1. The van der Waals surface area contributed by atoms with Gasteiger partial charge in [-0.1, -0.05) is 0 Å². The minimum Gasteiger partial charge on any atom is -0.363 e. The number of fused-ring (bicyclic) bond motifs is 2. The van der Waals surface area contributed by atoms with Crippen molar-refractivity contribution in [1.29, 1.82) is 0 Å². The molecule has 1 aromatic carbocycles. The number of rotatable bonds is 2. The third-order valence-corrected chi connectivity index (χ3v) is 4.84. The highest BCUT2D eigenvalue weighted by Crippen LogP contribution is 2.38. The molecule has 0 fully saturated rings. The van der Waals surface area contributed by atoms with Crippen LogP contribution < -0.4 is 5.32 Å². The lowest BCUT2D eigenvalue weighted by molar-refractivity contribution is 0.615. The van der Waals surface area contributed by atoms with Gasteiger partial charge in [0.15, 0.2) is 0 Å². The number of nitrogens with one attached hydrogen (secondary N) is 1. The average Bonchev–Trinajstić information content (AvgIpc) is 2.96. The molecule has 112 valence electrons. The van der Waals surface area contributed by atoms with Crippen LogP contribution in [0.2, 0.25) is 0 Å². The van der Waals surface area contributed by atoms with Crippen LogP contribution in [0.4, 0.5) is 10.2 Å². The summed E-state index contributed by atoms with van der Waals surface area (Å²) < 4.78 is 15.3. The lowest BCUT2D eigenvalue weighted by atomic mass is 10.0. The number of hydrogen-bond acceptors (Lipinski definition) is 5. The van der Waals surface area contributed by atoms with Crippen molar-refractivity contribution in [3.63, 3.8) is 0 Å². The number of aryl methyl sites for hydroxylation is 1. The van der Waals surface area contributed by atoms with Gasteiger partial charge in [-0.05, 0) is 37.1 Å². The molecule has 7 heteroatoms. The van der Waals surface area contributed by atoms with Crippen molar-refractivity contribution in [2.45, 2.75) is 24.3 Å². The topological polar surface area (TPSA) is 55.1 Å². The maximum atomic E-state index is 13.6. The fourth-order valence-electron chi connectivity index (χ4n) is 2.73. The van der Waals surface area contributed by atoms with Crippen LogP contribution in [-0.2, 0) is 0 Å². The molecule has 0 bridgehead atoms. The predicted octanol–water partition coefficient (Wildman–Crippen LogP) is 3.22. The van der Waals surface area contributed by atoms with Crippen molar-refractivity contribution >= 4 is 23.4 Å². The summed E-state index contributed by atoms with van der Waals surface area (Å²) in [5, 5.41) is 7.67. The van der Waals surface area contributed by atoms with Crippen molar-refractivity contribution in [2.24, 2.45) is 0 Å². The van der Waals surface area contributed by atoms with Crippen molar-refractivity contribution < 1.29 is 4.39 Å². The molecule has 0 saturated carbocycles. The molecule has 2 aromatic heterocycles. The van der Waals surface area contributed by atoms with E-state index in [-0.39, 0.29) is 11.9 Å². The highest BCUT2D eigenvalue weighted by molar-refractivity contribution is 7.99. The smallest absolute Gasteiger partial charge is 0.254 e. The molecule has 0 aliphatic carbocycles. The summed E-state index contributed by atoms with van der Waals surface area (Å²) in [7, 11) is 0. The Bertz CT molecular complexity index is 847. The molecule has 4 rings (SSSR count). The van der Waals surface area contributed by atoms with Crippen LogP contribution in [0.15, 0.2) is 35.5 Å². The van der Waals surface area contributed by atoms with E-state index < -0.39 is 0 Å². The van der Waals surface area contributed by atoms with E-state index in [1.165, 1.54) is 12.4 Å². The van der Waals surface area contributed by atoms with Crippen LogP contribution in [0.25, 0.3) is 5.78 Å². The van der Waals surface area contributed by atoms with Gasteiger partial charge in [0.2, 0.25) is 0 Å².